The molecule has 0 saturated carbocycles. The van der Waals surface area contributed by atoms with Crippen LogP contribution in [0.4, 0.5) is 5.69 Å². The van der Waals surface area contributed by atoms with Crippen molar-refractivity contribution in [3.05, 3.63) is 24.3 Å². The lowest BCUT2D eigenvalue weighted by molar-refractivity contribution is 0.563. The molecule has 1 N–H and O–H groups in total. The van der Waals surface area contributed by atoms with Gasteiger partial charge in [-0.25, -0.2) is 0 Å². The summed E-state index contributed by atoms with van der Waals surface area (Å²) < 4.78 is 27.0. The SMILES string of the molecule is C#CC#CC#CC#CC#CC#CC#CC#CC#CC#CC#CN(C#CC#CC#CC#CC#CC#CC#CC#CC#CC#CC#C)S(=O)(=O)c1ccc(NC)cc1. The maximum Gasteiger partial charge on any atom is 0.282 e. The molecule has 0 radical (unpaired) electrons. The van der Waals surface area contributed by atoms with Gasteiger partial charge in [0.15, 0.2) is 0 Å². The van der Waals surface area contributed by atoms with Gasteiger partial charge in [0.25, 0.3) is 10.0 Å². The average molecular weight is 715 g/mol. The molecule has 5 heteroatoms. The van der Waals surface area contributed by atoms with E-state index in [1.54, 1.807) is 19.2 Å². The fraction of sp³-hybridized carbons (Fsp3) is 0.0196. The highest BCUT2D eigenvalue weighted by molar-refractivity contribution is 7.89. The lowest BCUT2D eigenvalue weighted by Crippen LogP contribution is -2.21. The Balaban J connectivity index is 3.01. The van der Waals surface area contributed by atoms with Gasteiger partial charge in [-0.05, 0) is 119 Å². The summed E-state index contributed by atoms with van der Waals surface area (Å²) >= 11 is 0. The molecular formula is C51H10N2O2S. The predicted octanol–water partition coefficient (Wildman–Crippen LogP) is 0.968. The molecule has 1 rings (SSSR count). The molecule has 4 nitrogen and oxygen atoms in total. The Hall–Kier alpha value is -10.9. The van der Waals surface area contributed by atoms with E-state index in [0.717, 1.165) is 0 Å². The first-order valence-electron chi connectivity index (χ1n) is 14.3. The Morgan fingerprint density at radius 1 is 0.375 bits per heavy atom. The molecule has 242 valence electrons. The second-order valence-corrected chi connectivity index (χ2v) is 9.59. The van der Waals surface area contributed by atoms with Gasteiger partial charge in [-0.15, -0.1) is 17.2 Å². The van der Waals surface area contributed by atoms with Gasteiger partial charge in [0.1, 0.15) is 0 Å². The standard InChI is InChI=1S/C51H10N2O2S/c1-4-6-8-10-12-14-16-18-20-22-24-26-28-30-32-34-36-38-40-42-48-53(56(54,55)51-46-44-50(52-3)45-47-51)49-43-41-39-37-35-33-31-29-27-25-23-21-19-17-15-13-11-9-7-5-2/h1-2,44-47,52H,3H3. The van der Waals surface area contributed by atoms with Crippen LogP contribution in [0.2, 0.25) is 0 Å². The minimum Gasteiger partial charge on any atom is -0.388 e. The molecule has 1 aromatic rings. The van der Waals surface area contributed by atoms with Crippen LogP contribution in [0.15, 0.2) is 29.2 Å². The second kappa shape index (κ2) is 31.4. The number of anilines is 1. The summed E-state index contributed by atoms with van der Waals surface area (Å²) in [6.07, 6.45) is 9.91. The van der Waals surface area contributed by atoms with Crippen LogP contribution in [0.5, 0.6) is 0 Å². The number of terminal acetylenes is 2. The van der Waals surface area contributed by atoms with Crippen LogP contribution in [0.1, 0.15) is 0 Å². The lowest BCUT2D eigenvalue weighted by atomic mass is 10.3. The molecule has 0 heterocycles. The molecule has 0 aliphatic rings. The largest absolute Gasteiger partial charge is 0.388 e. The van der Waals surface area contributed by atoms with Crippen molar-refractivity contribution < 1.29 is 8.42 Å². The van der Waals surface area contributed by atoms with Crippen molar-refractivity contribution in [2.75, 3.05) is 12.4 Å². The number of nitrogens with one attached hydrogen (secondary N) is 1. The van der Waals surface area contributed by atoms with Crippen LogP contribution in [-0.4, -0.2) is 19.8 Å². The van der Waals surface area contributed by atoms with Crippen molar-refractivity contribution in [2.24, 2.45) is 0 Å². The van der Waals surface area contributed by atoms with E-state index in [2.05, 4.69) is 254 Å². The molecule has 0 amide bonds. The van der Waals surface area contributed by atoms with Crippen molar-refractivity contribution in [2.45, 2.75) is 4.90 Å². The summed E-state index contributed by atoms with van der Waals surface area (Å²) in [5.41, 5.74) is 0.704. The summed E-state index contributed by atoms with van der Waals surface area (Å²) in [6.45, 7) is 0. The van der Waals surface area contributed by atoms with E-state index in [4.69, 9.17) is 12.8 Å². The smallest absolute Gasteiger partial charge is 0.282 e. The Kier molecular flexibility index (Phi) is 24.1. The zero-order valence-corrected chi connectivity index (χ0v) is 29.5. The minimum absolute atomic E-state index is 0.0639. The molecule has 56 heavy (non-hydrogen) atoms. The first kappa shape index (κ1) is 43.1. The van der Waals surface area contributed by atoms with Gasteiger partial charge in [-0.1, -0.05) is 0 Å². The Morgan fingerprint density at radius 2 is 0.589 bits per heavy atom. The van der Waals surface area contributed by atoms with E-state index in [1.807, 2.05) is 0 Å². The molecule has 0 aliphatic carbocycles. The Morgan fingerprint density at radius 3 is 0.804 bits per heavy atom. The lowest BCUT2D eigenvalue weighted by Gasteiger charge is -2.10. The van der Waals surface area contributed by atoms with Crippen molar-refractivity contribution in [1.29, 1.82) is 0 Å². The third-order valence-corrected chi connectivity index (χ3v) is 5.92. The molecule has 0 aromatic heterocycles. The van der Waals surface area contributed by atoms with E-state index in [0.29, 0.717) is 9.99 Å². The molecule has 0 bridgehead atoms. The highest BCUT2D eigenvalue weighted by Crippen LogP contribution is 2.17. The normalized spacial score (nSPS) is 5.70. The Labute approximate surface area is 330 Å². The monoisotopic (exact) mass is 714 g/mol. The third-order valence-electron chi connectivity index (χ3n) is 4.39. The topological polar surface area (TPSA) is 49.4 Å². The van der Waals surface area contributed by atoms with Gasteiger partial charge in [-0.3, -0.25) is 0 Å². The molecule has 0 unspecified atom stereocenters. The molecular weight excluding hydrogens is 705 g/mol. The van der Waals surface area contributed by atoms with Gasteiger partial charge in [0, 0.05) is 155 Å². The maximum absolute atomic E-state index is 13.2. The average Bonchev–Trinajstić information content (AvgIpc) is 3.21. The second-order valence-electron chi connectivity index (χ2n) is 7.81. The number of rotatable bonds is 3. The van der Waals surface area contributed by atoms with Crippen molar-refractivity contribution in [1.82, 2.24) is 4.31 Å². The summed E-state index contributed by atoms with van der Waals surface area (Å²) in [5.74, 6) is 97.1. The van der Waals surface area contributed by atoms with Gasteiger partial charge < -0.3 is 5.32 Å². The van der Waals surface area contributed by atoms with Crippen LogP contribution in [-0.2, 0) is 10.0 Å². The van der Waals surface area contributed by atoms with E-state index >= 15 is 0 Å². The number of hydrogen-bond donors (Lipinski definition) is 1. The van der Waals surface area contributed by atoms with Gasteiger partial charge in [-0.2, -0.15) is 8.42 Å². The van der Waals surface area contributed by atoms with E-state index in [1.165, 1.54) is 12.1 Å². The van der Waals surface area contributed by atoms with Crippen LogP contribution >= 0.6 is 0 Å². The van der Waals surface area contributed by atoms with Gasteiger partial charge in [0.2, 0.25) is 0 Å². The van der Waals surface area contributed by atoms with Crippen molar-refractivity contribution in [3.8, 4) is 262 Å². The van der Waals surface area contributed by atoms with E-state index < -0.39 is 10.0 Å². The number of hydrogen-bond acceptors (Lipinski definition) is 3. The van der Waals surface area contributed by atoms with E-state index in [9.17, 15) is 8.42 Å². The molecule has 1 aromatic carbocycles. The van der Waals surface area contributed by atoms with E-state index in [-0.39, 0.29) is 4.90 Å². The summed E-state index contributed by atoms with van der Waals surface area (Å²) in [6, 6.07) is 10.7. The van der Waals surface area contributed by atoms with Crippen molar-refractivity contribution >= 4 is 15.7 Å². The molecule has 0 aliphatic heterocycles. The fourth-order valence-corrected chi connectivity index (χ4v) is 3.36. The first-order valence-corrected chi connectivity index (χ1v) is 15.8. The van der Waals surface area contributed by atoms with Gasteiger partial charge >= 0.3 is 0 Å². The summed E-state index contributed by atoms with van der Waals surface area (Å²) in [4.78, 5) is -0.0639. The minimum atomic E-state index is -4.18. The summed E-state index contributed by atoms with van der Waals surface area (Å²) in [5, 5.41) is 2.91. The van der Waals surface area contributed by atoms with Crippen LogP contribution in [0.3, 0.4) is 0 Å². The fourth-order valence-electron chi connectivity index (χ4n) is 2.34. The third kappa shape index (κ3) is 23.4. The summed E-state index contributed by atoms with van der Waals surface area (Å²) in [7, 11) is -2.48. The zero-order chi connectivity index (χ0) is 40.5. The molecule has 0 spiro atoms. The molecule has 0 atom stereocenters. The van der Waals surface area contributed by atoms with Gasteiger partial charge in [0.05, 0.1) is 17.0 Å². The highest BCUT2D eigenvalue weighted by atomic mass is 32.2. The molecule has 0 fully saturated rings. The highest BCUT2D eigenvalue weighted by Gasteiger charge is 2.21. The van der Waals surface area contributed by atoms with Crippen LogP contribution < -0.4 is 5.32 Å². The number of benzene rings is 1. The predicted molar refractivity (Wildman–Crippen MR) is 218 cm³/mol. The molecule has 0 saturated heterocycles. The van der Waals surface area contributed by atoms with Crippen molar-refractivity contribution in [3.63, 3.8) is 0 Å². The number of nitrogens with zero attached hydrogens (tertiary/aromatic N) is 1. The first-order chi connectivity index (χ1) is 27.6. The zero-order valence-electron chi connectivity index (χ0n) is 28.6. The Bertz CT molecular complexity index is 3130. The number of sulfonamides is 1. The quantitative estimate of drug-likeness (QED) is 0.376. The van der Waals surface area contributed by atoms with Crippen LogP contribution in [0, 0.1) is 262 Å². The maximum atomic E-state index is 13.2. The van der Waals surface area contributed by atoms with Crippen LogP contribution in [0.25, 0.3) is 0 Å².